The van der Waals surface area contributed by atoms with Gasteiger partial charge in [0.25, 0.3) is 5.91 Å². The molecule has 0 spiro atoms. The van der Waals surface area contributed by atoms with Crippen LogP contribution in [0.15, 0.2) is 28.4 Å². The molecule has 1 atom stereocenters. The van der Waals surface area contributed by atoms with Crippen molar-refractivity contribution < 1.29 is 9.32 Å². The van der Waals surface area contributed by atoms with E-state index in [0.29, 0.717) is 5.92 Å². The van der Waals surface area contributed by atoms with E-state index >= 15 is 0 Å². The van der Waals surface area contributed by atoms with E-state index in [1.165, 1.54) is 0 Å². The Morgan fingerprint density at radius 3 is 3.00 bits per heavy atom. The molecule has 0 radical (unpaired) electrons. The van der Waals surface area contributed by atoms with Crippen LogP contribution in [0.4, 0.5) is 0 Å². The summed E-state index contributed by atoms with van der Waals surface area (Å²) in [5, 5.41) is 8.79. The van der Waals surface area contributed by atoms with Gasteiger partial charge in [-0.25, -0.2) is 4.98 Å². The number of hydrogen-bond donors (Lipinski definition) is 1. The van der Waals surface area contributed by atoms with Gasteiger partial charge in [0.05, 0.1) is 17.4 Å². The van der Waals surface area contributed by atoms with E-state index < -0.39 is 0 Å². The fourth-order valence-corrected chi connectivity index (χ4v) is 2.94. The fourth-order valence-electron chi connectivity index (χ4n) is 2.23. The van der Waals surface area contributed by atoms with Gasteiger partial charge >= 0.3 is 0 Å². The average molecular weight is 318 g/mol. The van der Waals surface area contributed by atoms with E-state index in [0.717, 1.165) is 22.8 Å². The Balaban J connectivity index is 1.67. The third-order valence-electron chi connectivity index (χ3n) is 3.30. The largest absolute Gasteiger partial charge is 0.351 e. The Labute approximate surface area is 132 Å². The zero-order chi connectivity index (χ0) is 15.7. The van der Waals surface area contributed by atoms with Crippen molar-refractivity contribution in [2.75, 3.05) is 0 Å². The number of imidazole rings is 1. The highest BCUT2D eigenvalue weighted by molar-refractivity contribution is 7.15. The van der Waals surface area contributed by atoms with Gasteiger partial charge in [-0.1, -0.05) is 19.0 Å². The molecular weight excluding hydrogens is 300 g/mol. The molecule has 1 N–H and O–H groups in total. The predicted octanol–water partition coefficient (Wildman–Crippen LogP) is 3.07. The van der Waals surface area contributed by atoms with Crippen LogP contribution in [-0.2, 0) is 6.42 Å². The molecule has 0 aliphatic rings. The van der Waals surface area contributed by atoms with Crippen molar-refractivity contribution in [3.63, 3.8) is 0 Å². The molecule has 3 heterocycles. The van der Waals surface area contributed by atoms with Gasteiger partial charge in [-0.2, -0.15) is 0 Å². The minimum atomic E-state index is -0.272. The van der Waals surface area contributed by atoms with Gasteiger partial charge < -0.3 is 9.84 Å². The van der Waals surface area contributed by atoms with Gasteiger partial charge in [-0.15, -0.1) is 11.3 Å². The van der Waals surface area contributed by atoms with Crippen molar-refractivity contribution in [2.24, 2.45) is 5.92 Å². The summed E-state index contributed by atoms with van der Waals surface area (Å²) in [7, 11) is 0. The van der Waals surface area contributed by atoms with Crippen LogP contribution < -0.4 is 5.32 Å². The zero-order valence-corrected chi connectivity index (χ0v) is 13.6. The minimum absolute atomic E-state index is 0.196. The predicted molar refractivity (Wildman–Crippen MR) is 84.0 cm³/mol. The summed E-state index contributed by atoms with van der Waals surface area (Å²) in [6.45, 7) is 6.09. The molecule has 116 valence electrons. The molecule has 6 nitrogen and oxygen atoms in total. The number of carbonyl (C=O) groups is 1. The molecule has 0 fully saturated rings. The second-order valence-electron chi connectivity index (χ2n) is 5.73. The van der Waals surface area contributed by atoms with Gasteiger partial charge in [0.15, 0.2) is 4.96 Å². The van der Waals surface area contributed by atoms with E-state index in [1.54, 1.807) is 17.4 Å². The van der Waals surface area contributed by atoms with Crippen LogP contribution in [0.3, 0.4) is 0 Å². The topological polar surface area (TPSA) is 72.4 Å². The van der Waals surface area contributed by atoms with Crippen molar-refractivity contribution in [1.82, 2.24) is 19.9 Å². The molecule has 0 aromatic carbocycles. The van der Waals surface area contributed by atoms with Crippen LogP contribution in [0, 0.1) is 5.92 Å². The fraction of sp³-hybridized carbons (Fsp3) is 0.400. The SMILES string of the molecule is CC(C)Cc1cc(C(=O)N[C@@H](C)c2cn3ccsc3n2)on1. The third kappa shape index (κ3) is 3.04. The summed E-state index contributed by atoms with van der Waals surface area (Å²) >= 11 is 1.56. The molecule has 0 bridgehead atoms. The molecule has 22 heavy (non-hydrogen) atoms. The summed E-state index contributed by atoms with van der Waals surface area (Å²) in [5.74, 6) is 0.438. The second-order valence-corrected chi connectivity index (χ2v) is 6.61. The Morgan fingerprint density at radius 1 is 1.45 bits per heavy atom. The number of carbonyl (C=O) groups excluding carboxylic acids is 1. The van der Waals surface area contributed by atoms with Gasteiger partial charge in [0, 0.05) is 23.8 Å². The summed E-state index contributed by atoms with van der Waals surface area (Å²) in [6.07, 6.45) is 4.66. The monoisotopic (exact) mass is 318 g/mol. The summed E-state index contributed by atoms with van der Waals surface area (Å²) in [6, 6.07) is 1.51. The first-order valence-electron chi connectivity index (χ1n) is 7.21. The number of aromatic nitrogens is 3. The Morgan fingerprint density at radius 2 is 2.27 bits per heavy atom. The van der Waals surface area contributed by atoms with Gasteiger partial charge in [-0.05, 0) is 19.3 Å². The quantitative estimate of drug-likeness (QED) is 0.784. The number of hydrogen-bond acceptors (Lipinski definition) is 5. The van der Waals surface area contributed by atoms with Crippen molar-refractivity contribution in [3.05, 3.63) is 41.0 Å². The van der Waals surface area contributed by atoms with Gasteiger partial charge in [0.1, 0.15) is 0 Å². The van der Waals surface area contributed by atoms with E-state index in [1.807, 2.05) is 29.1 Å². The number of fused-ring (bicyclic) bond motifs is 1. The standard InChI is InChI=1S/C15H18N4O2S/c1-9(2)6-11-7-13(21-18-11)14(20)16-10(3)12-8-19-4-5-22-15(19)17-12/h4-5,7-10H,6H2,1-3H3,(H,16,20)/t10-/m0/s1. The smallest absolute Gasteiger partial charge is 0.290 e. The van der Waals surface area contributed by atoms with Crippen LogP contribution in [0.1, 0.15) is 48.8 Å². The molecule has 3 rings (SSSR count). The normalized spacial score (nSPS) is 12.9. The van der Waals surface area contributed by atoms with Crippen molar-refractivity contribution in [2.45, 2.75) is 33.2 Å². The number of nitrogens with zero attached hydrogens (tertiary/aromatic N) is 3. The highest BCUT2D eigenvalue weighted by Gasteiger charge is 2.18. The molecule has 3 aromatic heterocycles. The van der Waals surface area contributed by atoms with E-state index in [2.05, 4.69) is 29.3 Å². The number of nitrogens with one attached hydrogen (secondary N) is 1. The summed E-state index contributed by atoms with van der Waals surface area (Å²) < 4.78 is 7.06. The average Bonchev–Trinajstić information content (AvgIpc) is 3.11. The van der Waals surface area contributed by atoms with Crippen molar-refractivity contribution in [1.29, 1.82) is 0 Å². The third-order valence-corrected chi connectivity index (χ3v) is 4.07. The molecular formula is C15H18N4O2S. The summed E-state index contributed by atoms with van der Waals surface area (Å²) in [4.78, 5) is 17.6. The minimum Gasteiger partial charge on any atom is -0.351 e. The molecule has 0 saturated carbocycles. The number of thiazole rings is 1. The van der Waals surface area contributed by atoms with E-state index in [-0.39, 0.29) is 17.7 Å². The van der Waals surface area contributed by atoms with Crippen molar-refractivity contribution in [3.8, 4) is 0 Å². The van der Waals surface area contributed by atoms with Crippen LogP contribution >= 0.6 is 11.3 Å². The van der Waals surface area contributed by atoms with Gasteiger partial charge in [-0.3, -0.25) is 9.20 Å². The first-order valence-corrected chi connectivity index (χ1v) is 8.09. The Hall–Kier alpha value is -2.15. The Bertz CT molecular complexity index is 758. The highest BCUT2D eigenvalue weighted by Crippen LogP contribution is 2.17. The highest BCUT2D eigenvalue weighted by atomic mass is 32.1. The lowest BCUT2D eigenvalue weighted by Crippen LogP contribution is -2.26. The van der Waals surface area contributed by atoms with Crippen molar-refractivity contribution >= 4 is 22.2 Å². The van der Waals surface area contributed by atoms with E-state index in [4.69, 9.17) is 4.52 Å². The van der Waals surface area contributed by atoms with Gasteiger partial charge in [0.2, 0.25) is 5.76 Å². The lowest BCUT2D eigenvalue weighted by molar-refractivity contribution is 0.0902. The Kier molecular flexibility index (Phi) is 3.98. The van der Waals surface area contributed by atoms with Crippen LogP contribution in [0.5, 0.6) is 0 Å². The van der Waals surface area contributed by atoms with Crippen LogP contribution in [-0.4, -0.2) is 20.4 Å². The first-order chi connectivity index (χ1) is 10.5. The molecule has 1 amide bonds. The molecule has 7 heteroatoms. The number of amides is 1. The maximum Gasteiger partial charge on any atom is 0.290 e. The maximum absolute atomic E-state index is 12.2. The molecule has 0 aliphatic heterocycles. The lowest BCUT2D eigenvalue weighted by Gasteiger charge is -2.09. The maximum atomic E-state index is 12.2. The van der Waals surface area contributed by atoms with E-state index in [9.17, 15) is 4.79 Å². The zero-order valence-electron chi connectivity index (χ0n) is 12.7. The molecule has 0 saturated heterocycles. The lowest BCUT2D eigenvalue weighted by atomic mass is 10.1. The first kappa shape index (κ1) is 14.8. The molecule has 0 aliphatic carbocycles. The molecule has 3 aromatic rings. The number of rotatable bonds is 5. The van der Waals surface area contributed by atoms with Crippen LogP contribution in [0.25, 0.3) is 4.96 Å². The molecule has 0 unspecified atom stereocenters. The summed E-state index contributed by atoms with van der Waals surface area (Å²) in [5.41, 5.74) is 1.62. The second kappa shape index (κ2) is 5.92. The van der Waals surface area contributed by atoms with Crippen LogP contribution in [0.2, 0.25) is 0 Å².